The van der Waals surface area contributed by atoms with Gasteiger partial charge in [0.2, 0.25) is 0 Å². The fourth-order valence-electron chi connectivity index (χ4n) is 3.08. The zero-order valence-electron chi connectivity index (χ0n) is 14.8. The van der Waals surface area contributed by atoms with Gasteiger partial charge in [-0.2, -0.15) is 0 Å². The van der Waals surface area contributed by atoms with Gasteiger partial charge in [0.1, 0.15) is 11.5 Å². The molecule has 1 fully saturated rings. The zero-order chi connectivity index (χ0) is 17.6. The van der Waals surface area contributed by atoms with E-state index in [-0.39, 0.29) is 0 Å². The van der Waals surface area contributed by atoms with E-state index >= 15 is 0 Å². The number of benzene rings is 2. The number of rotatable bonds is 7. The van der Waals surface area contributed by atoms with Crippen LogP contribution in [0.4, 0.5) is 0 Å². The summed E-state index contributed by atoms with van der Waals surface area (Å²) in [7, 11) is 0. The Morgan fingerprint density at radius 1 is 1.08 bits per heavy atom. The molecule has 0 amide bonds. The lowest BCUT2D eigenvalue weighted by molar-refractivity contribution is 0.0384. The van der Waals surface area contributed by atoms with Gasteiger partial charge in [-0.3, -0.25) is 4.90 Å². The Balaban J connectivity index is 1.25. The number of aromatic nitrogens is 2. The van der Waals surface area contributed by atoms with Gasteiger partial charge in [-0.15, -0.1) is 0 Å². The summed E-state index contributed by atoms with van der Waals surface area (Å²) < 4.78 is 11.3. The number of hydrogen-bond donors (Lipinski definition) is 2. The third kappa shape index (κ3) is 4.40. The van der Waals surface area contributed by atoms with Crippen LogP contribution in [0.15, 0.2) is 48.8 Å². The third-order valence-electron chi connectivity index (χ3n) is 4.59. The molecule has 136 valence electrons. The SMILES string of the molecule is c1nc2ccc(Oc3ccc(CNCCN4CCOCC4)cc3)cc2[nH]1. The number of nitrogens with zero attached hydrogens (tertiary/aromatic N) is 2. The molecule has 2 heterocycles. The van der Waals surface area contributed by atoms with E-state index in [1.54, 1.807) is 6.33 Å². The number of aromatic amines is 1. The molecule has 1 aromatic heterocycles. The van der Waals surface area contributed by atoms with Crippen molar-refractivity contribution in [2.45, 2.75) is 6.54 Å². The van der Waals surface area contributed by atoms with Gasteiger partial charge in [-0.1, -0.05) is 12.1 Å². The van der Waals surface area contributed by atoms with E-state index < -0.39 is 0 Å². The molecule has 2 N–H and O–H groups in total. The van der Waals surface area contributed by atoms with Crippen LogP contribution in [0.1, 0.15) is 5.56 Å². The molecule has 1 aliphatic rings. The average Bonchev–Trinajstić information content (AvgIpc) is 3.15. The zero-order valence-corrected chi connectivity index (χ0v) is 14.8. The minimum Gasteiger partial charge on any atom is -0.457 e. The summed E-state index contributed by atoms with van der Waals surface area (Å²) in [5, 5.41) is 3.50. The molecule has 1 saturated heterocycles. The number of nitrogens with one attached hydrogen (secondary N) is 2. The lowest BCUT2D eigenvalue weighted by atomic mass is 10.2. The fraction of sp³-hybridized carbons (Fsp3) is 0.350. The third-order valence-corrected chi connectivity index (χ3v) is 4.59. The maximum atomic E-state index is 5.93. The van der Waals surface area contributed by atoms with Crippen LogP contribution >= 0.6 is 0 Å². The summed E-state index contributed by atoms with van der Waals surface area (Å²) in [5.74, 6) is 1.64. The van der Waals surface area contributed by atoms with E-state index in [0.29, 0.717) is 0 Å². The molecule has 0 aliphatic carbocycles. The minimum absolute atomic E-state index is 0.804. The van der Waals surface area contributed by atoms with Crippen LogP contribution in [-0.2, 0) is 11.3 Å². The number of ether oxygens (including phenoxy) is 2. The van der Waals surface area contributed by atoms with E-state index in [0.717, 1.165) is 68.5 Å². The summed E-state index contributed by atoms with van der Waals surface area (Å²) in [6.45, 7) is 6.72. The molecule has 3 aromatic rings. The maximum Gasteiger partial charge on any atom is 0.129 e. The Morgan fingerprint density at radius 3 is 2.73 bits per heavy atom. The second-order valence-corrected chi connectivity index (χ2v) is 6.46. The highest BCUT2D eigenvalue weighted by atomic mass is 16.5. The van der Waals surface area contributed by atoms with Gasteiger partial charge in [-0.05, 0) is 29.8 Å². The van der Waals surface area contributed by atoms with Crippen LogP contribution in [0.25, 0.3) is 11.0 Å². The van der Waals surface area contributed by atoms with Crippen molar-refractivity contribution in [3.63, 3.8) is 0 Å². The topological polar surface area (TPSA) is 62.4 Å². The Morgan fingerprint density at radius 2 is 1.88 bits per heavy atom. The molecule has 0 atom stereocenters. The van der Waals surface area contributed by atoms with Crippen molar-refractivity contribution in [1.82, 2.24) is 20.2 Å². The highest BCUT2D eigenvalue weighted by Gasteiger charge is 2.09. The van der Waals surface area contributed by atoms with E-state index in [1.807, 2.05) is 30.3 Å². The van der Waals surface area contributed by atoms with E-state index in [9.17, 15) is 0 Å². The number of hydrogen-bond acceptors (Lipinski definition) is 5. The first-order chi connectivity index (χ1) is 12.9. The maximum absolute atomic E-state index is 5.93. The second-order valence-electron chi connectivity index (χ2n) is 6.46. The summed E-state index contributed by atoms with van der Waals surface area (Å²) in [6.07, 6.45) is 1.69. The number of morpholine rings is 1. The van der Waals surface area contributed by atoms with E-state index in [4.69, 9.17) is 9.47 Å². The predicted octanol–water partition coefficient (Wildman–Crippen LogP) is 2.78. The average molecular weight is 352 g/mol. The molecule has 2 aromatic carbocycles. The minimum atomic E-state index is 0.804. The van der Waals surface area contributed by atoms with Gasteiger partial charge in [0.05, 0.1) is 30.6 Å². The second kappa shape index (κ2) is 8.31. The molecule has 0 bridgehead atoms. The Bertz CT molecular complexity index is 825. The van der Waals surface area contributed by atoms with Gasteiger partial charge in [0, 0.05) is 38.8 Å². The van der Waals surface area contributed by atoms with Crippen LogP contribution in [0.5, 0.6) is 11.5 Å². The smallest absolute Gasteiger partial charge is 0.129 e. The molecule has 0 radical (unpaired) electrons. The summed E-state index contributed by atoms with van der Waals surface area (Å²) in [5.41, 5.74) is 3.17. The summed E-state index contributed by atoms with van der Waals surface area (Å²) >= 11 is 0. The van der Waals surface area contributed by atoms with Crippen molar-refractivity contribution >= 4 is 11.0 Å². The summed E-state index contributed by atoms with van der Waals surface area (Å²) in [4.78, 5) is 9.75. The lowest BCUT2D eigenvalue weighted by Gasteiger charge is -2.26. The van der Waals surface area contributed by atoms with Gasteiger partial charge in [-0.25, -0.2) is 4.98 Å². The molecule has 6 heteroatoms. The molecular weight excluding hydrogens is 328 g/mol. The van der Waals surface area contributed by atoms with Crippen LogP contribution in [0, 0.1) is 0 Å². The normalized spacial score (nSPS) is 15.4. The standard InChI is InChI=1S/C20H24N4O2/c1-3-17(26-18-5-6-19-20(13-18)23-15-22-19)4-2-16(1)14-21-7-8-24-9-11-25-12-10-24/h1-6,13,15,21H,7-12,14H2,(H,22,23). The number of H-pyrrole nitrogens is 1. The van der Waals surface area contributed by atoms with Crippen LogP contribution in [-0.4, -0.2) is 54.3 Å². The fourth-order valence-corrected chi connectivity index (χ4v) is 3.08. The monoisotopic (exact) mass is 352 g/mol. The van der Waals surface area contributed by atoms with Crippen LogP contribution in [0.3, 0.4) is 0 Å². The largest absolute Gasteiger partial charge is 0.457 e. The van der Waals surface area contributed by atoms with Crippen molar-refractivity contribution in [3.8, 4) is 11.5 Å². The lowest BCUT2D eigenvalue weighted by Crippen LogP contribution is -2.40. The summed E-state index contributed by atoms with van der Waals surface area (Å²) in [6, 6.07) is 14.1. The Labute approximate surface area is 153 Å². The molecule has 1 aliphatic heterocycles. The molecule has 4 rings (SSSR count). The van der Waals surface area contributed by atoms with Crippen molar-refractivity contribution < 1.29 is 9.47 Å². The number of imidazole rings is 1. The van der Waals surface area contributed by atoms with Gasteiger partial charge < -0.3 is 19.8 Å². The first-order valence-electron chi connectivity index (χ1n) is 9.07. The highest BCUT2D eigenvalue weighted by molar-refractivity contribution is 5.76. The van der Waals surface area contributed by atoms with Gasteiger partial charge in [0.25, 0.3) is 0 Å². The molecule has 0 spiro atoms. The molecule has 0 saturated carbocycles. The van der Waals surface area contributed by atoms with E-state index in [2.05, 4.69) is 32.3 Å². The molecule has 0 unspecified atom stereocenters. The molecular formula is C20H24N4O2. The van der Waals surface area contributed by atoms with Crippen molar-refractivity contribution in [2.75, 3.05) is 39.4 Å². The van der Waals surface area contributed by atoms with Gasteiger partial charge in [0.15, 0.2) is 0 Å². The number of fused-ring (bicyclic) bond motifs is 1. The van der Waals surface area contributed by atoms with Crippen molar-refractivity contribution in [2.24, 2.45) is 0 Å². The van der Waals surface area contributed by atoms with Crippen LogP contribution < -0.4 is 10.1 Å². The first-order valence-corrected chi connectivity index (χ1v) is 9.07. The van der Waals surface area contributed by atoms with Crippen molar-refractivity contribution in [1.29, 1.82) is 0 Å². The van der Waals surface area contributed by atoms with E-state index in [1.165, 1.54) is 5.56 Å². The molecule has 6 nitrogen and oxygen atoms in total. The van der Waals surface area contributed by atoms with Gasteiger partial charge >= 0.3 is 0 Å². The Hall–Kier alpha value is -2.41. The Kier molecular flexibility index (Phi) is 5.44. The predicted molar refractivity (Wildman–Crippen MR) is 102 cm³/mol. The van der Waals surface area contributed by atoms with Crippen molar-refractivity contribution in [3.05, 3.63) is 54.4 Å². The molecule has 26 heavy (non-hydrogen) atoms. The van der Waals surface area contributed by atoms with Crippen LogP contribution in [0.2, 0.25) is 0 Å². The first kappa shape index (κ1) is 17.0. The quantitative estimate of drug-likeness (QED) is 0.640. The highest BCUT2D eigenvalue weighted by Crippen LogP contribution is 2.24.